The van der Waals surface area contributed by atoms with E-state index < -0.39 is 23.0 Å². The number of alkyl halides is 2. The Kier molecular flexibility index (Phi) is 5.89. The first-order valence-electron chi connectivity index (χ1n) is 5.42. The van der Waals surface area contributed by atoms with Crippen LogP contribution < -0.4 is 0 Å². The smallest absolute Gasteiger partial charge is 0.252 e. The van der Waals surface area contributed by atoms with Crippen LogP contribution in [0.15, 0.2) is 23.1 Å². The lowest BCUT2D eigenvalue weighted by atomic mass is 10.2. The minimum atomic E-state index is -4.08. The van der Waals surface area contributed by atoms with Crippen LogP contribution in [0.1, 0.15) is 5.56 Å². The molecule has 0 fully saturated rings. The molecule has 4 nitrogen and oxygen atoms in total. The highest BCUT2D eigenvalue weighted by Crippen LogP contribution is 2.25. The number of rotatable bonds is 4. The fraction of sp³-hybridized carbons (Fsp3) is 0.333. The SMILES string of the molecule is CN(CC(F)F)S(=O)(=O)c1ccc(C#CCO)cc1Cl. The summed E-state index contributed by atoms with van der Waals surface area (Å²) in [7, 11) is -3.03. The van der Waals surface area contributed by atoms with E-state index in [2.05, 4.69) is 11.8 Å². The zero-order valence-electron chi connectivity index (χ0n) is 10.5. The molecule has 0 aliphatic heterocycles. The van der Waals surface area contributed by atoms with E-state index in [0.717, 1.165) is 7.05 Å². The first-order valence-corrected chi connectivity index (χ1v) is 7.24. The van der Waals surface area contributed by atoms with E-state index in [-0.39, 0.29) is 16.5 Å². The van der Waals surface area contributed by atoms with Crippen molar-refractivity contribution in [2.24, 2.45) is 0 Å². The lowest BCUT2D eigenvalue weighted by molar-refractivity contribution is 0.126. The van der Waals surface area contributed by atoms with E-state index in [1.807, 2.05) is 0 Å². The van der Waals surface area contributed by atoms with Gasteiger partial charge in [0.2, 0.25) is 10.0 Å². The summed E-state index contributed by atoms with van der Waals surface area (Å²) in [5.41, 5.74) is 0.416. The third-order valence-corrected chi connectivity index (χ3v) is 4.63. The molecule has 0 aliphatic carbocycles. The molecule has 1 aromatic carbocycles. The lowest BCUT2D eigenvalue weighted by Gasteiger charge is -2.17. The van der Waals surface area contributed by atoms with Crippen LogP contribution in [0, 0.1) is 11.8 Å². The van der Waals surface area contributed by atoms with Gasteiger partial charge in [0, 0.05) is 12.6 Å². The third kappa shape index (κ3) is 4.15. The second-order valence-corrected chi connectivity index (χ2v) is 6.20. The van der Waals surface area contributed by atoms with E-state index in [1.54, 1.807) is 0 Å². The van der Waals surface area contributed by atoms with Crippen molar-refractivity contribution < 1.29 is 22.3 Å². The van der Waals surface area contributed by atoms with E-state index in [1.165, 1.54) is 18.2 Å². The quantitative estimate of drug-likeness (QED) is 0.856. The van der Waals surface area contributed by atoms with Crippen LogP contribution in [0.25, 0.3) is 0 Å². The Hall–Kier alpha value is -1.20. The Bertz CT molecular complexity index is 638. The zero-order valence-corrected chi connectivity index (χ0v) is 12.0. The van der Waals surface area contributed by atoms with Crippen LogP contribution in [-0.4, -0.2) is 44.5 Å². The largest absolute Gasteiger partial charge is 0.384 e. The molecule has 0 bridgehead atoms. The van der Waals surface area contributed by atoms with Crippen molar-refractivity contribution in [3.05, 3.63) is 28.8 Å². The fourth-order valence-corrected chi connectivity index (χ4v) is 3.05. The highest BCUT2D eigenvalue weighted by Gasteiger charge is 2.25. The Morgan fingerprint density at radius 2 is 2.10 bits per heavy atom. The number of nitrogens with zero attached hydrogens (tertiary/aromatic N) is 1. The molecule has 0 aromatic heterocycles. The van der Waals surface area contributed by atoms with Crippen molar-refractivity contribution in [1.82, 2.24) is 4.31 Å². The first kappa shape index (κ1) is 16.9. The Labute approximate surface area is 121 Å². The molecule has 0 saturated carbocycles. The molecule has 8 heteroatoms. The van der Waals surface area contributed by atoms with Crippen molar-refractivity contribution in [3.8, 4) is 11.8 Å². The van der Waals surface area contributed by atoms with Gasteiger partial charge in [0.05, 0.1) is 11.6 Å². The molecule has 20 heavy (non-hydrogen) atoms. The molecule has 110 valence electrons. The Morgan fingerprint density at radius 1 is 1.45 bits per heavy atom. The monoisotopic (exact) mass is 323 g/mol. The number of aliphatic hydroxyl groups excluding tert-OH is 1. The van der Waals surface area contributed by atoms with Crippen LogP contribution in [0.2, 0.25) is 5.02 Å². The molecule has 1 N–H and O–H groups in total. The van der Waals surface area contributed by atoms with Gasteiger partial charge in [0.25, 0.3) is 6.43 Å². The van der Waals surface area contributed by atoms with Crippen molar-refractivity contribution in [3.63, 3.8) is 0 Å². The summed E-state index contributed by atoms with van der Waals surface area (Å²) in [6.07, 6.45) is -2.77. The number of sulfonamides is 1. The van der Waals surface area contributed by atoms with Crippen molar-refractivity contribution in [2.45, 2.75) is 11.3 Å². The average molecular weight is 324 g/mol. The zero-order chi connectivity index (χ0) is 15.3. The predicted octanol–water partition coefficient (Wildman–Crippen LogP) is 1.57. The van der Waals surface area contributed by atoms with Gasteiger partial charge in [0.15, 0.2) is 0 Å². The molecule has 1 rings (SSSR count). The van der Waals surface area contributed by atoms with E-state index in [9.17, 15) is 17.2 Å². The predicted molar refractivity (Wildman–Crippen MR) is 71.2 cm³/mol. The van der Waals surface area contributed by atoms with Gasteiger partial charge in [-0.05, 0) is 18.2 Å². The van der Waals surface area contributed by atoms with Gasteiger partial charge >= 0.3 is 0 Å². The second-order valence-electron chi connectivity index (χ2n) is 3.78. The Morgan fingerprint density at radius 3 is 2.60 bits per heavy atom. The summed E-state index contributed by atoms with van der Waals surface area (Å²) in [4.78, 5) is -0.267. The minimum absolute atomic E-state index is 0.115. The van der Waals surface area contributed by atoms with Crippen LogP contribution in [0.3, 0.4) is 0 Å². The maximum absolute atomic E-state index is 12.3. The van der Waals surface area contributed by atoms with Crippen LogP contribution >= 0.6 is 11.6 Å². The van der Waals surface area contributed by atoms with Crippen molar-refractivity contribution in [2.75, 3.05) is 20.2 Å². The number of halogens is 3. The van der Waals surface area contributed by atoms with Crippen molar-refractivity contribution >= 4 is 21.6 Å². The lowest BCUT2D eigenvalue weighted by Crippen LogP contribution is -2.31. The molecule has 1 aromatic rings. The topological polar surface area (TPSA) is 57.6 Å². The number of hydrogen-bond acceptors (Lipinski definition) is 3. The fourth-order valence-electron chi connectivity index (χ4n) is 1.39. The number of aliphatic hydroxyl groups is 1. The Balaban J connectivity index is 3.14. The highest BCUT2D eigenvalue weighted by molar-refractivity contribution is 7.89. The normalized spacial score (nSPS) is 11.6. The summed E-state index contributed by atoms with van der Waals surface area (Å²) in [5, 5.41) is 8.44. The molecule has 0 amide bonds. The van der Waals surface area contributed by atoms with Crippen molar-refractivity contribution in [1.29, 1.82) is 0 Å². The summed E-state index contributed by atoms with van der Waals surface area (Å²) >= 11 is 5.85. The average Bonchev–Trinajstić information content (AvgIpc) is 2.35. The number of hydrogen-bond donors (Lipinski definition) is 1. The van der Waals surface area contributed by atoms with E-state index in [4.69, 9.17) is 16.7 Å². The standard InChI is InChI=1S/C12H12ClF2NO3S/c1-16(8-12(14)15)20(18,19)11-5-4-9(3-2-6-17)7-10(11)13/h4-5,7,12,17H,6,8H2,1H3. The van der Waals surface area contributed by atoms with Gasteiger partial charge < -0.3 is 5.11 Å². The third-order valence-electron chi connectivity index (χ3n) is 2.33. The second kappa shape index (κ2) is 6.99. The van der Waals surface area contributed by atoms with Gasteiger partial charge in [-0.25, -0.2) is 17.2 Å². The molecular weight excluding hydrogens is 312 g/mol. The summed E-state index contributed by atoms with van der Waals surface area (Å²) in [6, 6.07) is 3.88. The summed E-state index contributed by atoms with van der Waals surface area (Å²) in [5.74, 6) is 4.95. The van der Waals surface area contributed by atoms with Gasteiger partial charge in [-0.15, -0.1) is 0 Å². The molecule has 0 heterocycles. The number of benzene rings is 1. The van der Waals surface area contributed by atoms with Gasteiger partial charge in [-0.3, -0.25) is 0 Å². The van der Waals surface area contributed by atoms with Crippen LogP contribution in [-0.2, 0) is 10.0 Å². The molecule has 0 saturated heterocycles. The minimum Gasteiger partial charge on any atom is -0.384 e. The summed E-state index contributed by atoms with van der Waals surface area (Å²) in [6.45, 7) is -1.25. The molecule has 0 aliphatic rings. The maximum Gasteiger partial charge on any atom is 0.252 e. The summed E-state index contributed by atoms with van der Waals surface area (Å²) < 4.78 is 49.1. The molecule has 0 unspecified atom stereocenters. The van der Waals surface area contributed by atoms with E-state index >= 15 is 0 Å². The van der Waals surface area contributed by atoms with Gasteiger partial charge in [-0.2, -0.15) is 4.31 Å². The van der Waals surface area contributed by atoms with E-state index in [0.29, 0.717) is 9.87 Å². The van der Waals surface area contributed by atoms with Gasteiger partial charge in [-0.1, -0.05) is 23.4 Å². The molecule has 0 spiro atoms. The molecule has 0 atom stereocenters. The molecular formula is C12H12ClF2NO3S. The highest BCUT2D eigenvalue weighted by atomic mass is 35.5. The van der Waals surface area contributed by atoms with Gasteiger partial charge in [0.1, 0.15) is 11.5 Å². The van der Waals surface area contributed by atoms with Crippen LogP contribution in [0.4, 0.5) is 8.78 Å². The maximum atomic E-state index is 12.3. The molecule has 0 radical (unpaired) electrons. The first-order chi connectivity index (χ1) is 9.28. The van der Waals surface area contributed by atoms with Crippen LogP contribution in [0.5, 0.6) is 0 Å².